The Morgan fingerprint density at radius 3 is 2.35 bits per heavy atom. The molecule has 0 radical (unpaired) electrons. The highest BCUT2D eigenvalue weighted by Gasteiger charge is 2.59. The molecule has 0 bridgehead atoms. The molecular formula is C19H27N. The smallest absolute Gasteiger partial charge is 0.0622 e. The lowest BCUT2D eigenvalue weighted by molar-refractivity contribution is 0.0983. The number of hydrogen-bond acceptors (Lipinski definition) is 1. The number of hydrogen-bond donors (Lipinski definition) is 0. The second kappa shape index (κ2) is 3.69. The van der Waals surface area contributed by atoms with Crippen LogP contribution < -0.4 is 4.90 Å². The molecule has 2 heterocycles. The van der Waals surface area contributed by atoms with E-state index < -0.39 is 0 Å². The van der Waals surface area contributed by atoms with Crippen LogP contribution in [0, 0.1) is 12.3 Å². The van der Waals surface area contributed by atoms with Crippen molar-refractivity contribution in [1.29, 1.82) is 0 Å². The summed E-state index contributed by atoms with van der Waals surface area (Å²) in [5.41, 5.74) is 4.74. The van der Waals surface area contributed by atoms with E-state index in [4.69, 9.17) is 0 Å². The third-order valence-electron chi connectivity index (χ3n) is 6.59. The summed E-state index contributed by atoms with van der Waals surface area (Å²) in [7, 11) is 0. The van der Waals surface area contributed by atoms with Crippen molar-refractivity contribution < 1.29 is 0 Å². The summed E-state index contributed by atoms with van der Waals surface area (Å²) in [6.07, 6.45) is 4.81. The van der Waals surface area contributed by atoms with Gasteiger partial charge in [0.2, 0.25) is 0 Å². The maximum Gasteiger partial charge on any atom is 0.0622 e. The number of aryl methyl sites for hydroxylation is 1. The zero-order chi connectivity index (χ0) is 14.9. The van der Waals surface area contributed by atoms with E-state index in [1.165, 1.54) is 16.8 Å². The molecule has 2 aliphatic heterocycles. The maximum absolute atomic E-state index is 2.64. The van der Waals surface area contributed by atoms with Crippen LogP contribution in [-0.4, -0.2) is 11.6 Å². The molecule has 108 valence electrons. The van der Waals surface area contributed by atoms with Crippen LogP contribution in [0.1, 0.15) is 52.7 Å². The van der Waals surface area contributed by atoms with E-state index in [-0.39, 0.29) is 16.4 Å². The van der Waals surface area contributed by atoms with Crippen molar-refractivity contribution in [1.82, 2.24) is 0 Å². The lowest BCUT2D eigenvalue weighted by Gasteiger charge is -2.62. The summed E-state index contributed by atoms with van der Waals surface area (Å²) in [6.45, 7) is 16.6. The van der Waals surface area contributed by atoms with Gasteiger partial charge in [-0.05, 0) is 37.3 Å². The molecule has 3 rings (SSSR count). The Morgan fingerprint density at radius 2 is 1.70 bits per heavy atom. The molecule has 0 N–H and O–H groups in total. The first-order chi connectivity index (χ1) is 9.14. The number of fused-ring (bicyclic) bond motifs is 3. The second-order valence-electron chi connectivity index (χ2n) is 7.84. The molecule has 1 heteroatoms. The molecule has 0 saturated heterocycles. The molecule has 20 heavy (non-hydrogen) atoms. The quantitative estimate of drug-likeness (QED) is 0.609. The summed E-state index contributed by atoms with van der Waals surface area (Å²) < 4.78 is 0. The van der Waals surface area contributed by atoms with Crippen LogP contribution in [0.4, 0.5) is 5.69 Å². The molecule has 2 aliphatic rings. The maximum atomic E-state index is 2.64. The van der Waals surface area contributed by atoms with E-state index in [9.17, 15) is 0 Å². The molecule has 0 fully saturated rings. The SMILES string of the molecule is Cc1cccc2c1N1C(C)C=CC1(C)C(C)(C)C2(C)C. The first kappa shape index (κ1) is 13.7. The van der Waals surface area contributed by atoms with Gasteiger partial charge in [-0.15, -0.1) is 0 Å². The Bertz CT molecular complexity index is 594. The van der Waals surface area contributed by atoms with Crippen LogP contribution in [0.25, 0.3) is 0 Å². The molecule has 2 unspecified atom stereocenters. The van der Waals surface area contributed by atoms with Gasteiger partial charge in [0, 0.05) is 17.1 Å². The second-order valence-corrected chi connectivity index (χ2v) is 7.84. The minimum Gasteiger partial charge on any atom is -0.355 e. The number of rotatable bonds is 0. The fourth-order valence-corrected chi connectivity index (χ4v) is 4.31. The molecule has 1 aromatic rings. The van der Waals surface area contributed by atoms with Crippen LogP contribution in [0.5, 0.6) is 0 Å². The first-order valence-corrected chi connectivity index (χ1v) is 7.73. The minimum absolute atomic E-state index is 0.0784. The number of para-hydroxylation sites is 1. The molecule has 2 atom stereocenters. The fraction of sp³-hybridized carbons (Fsp3) is 0.579. The van der Waals surface area contributed by atoms with Gasteiger partial charge in [-0.25, -0.2) is 0 Å². The third-order valence-corrected chi connectivity index (χ3v) is 6.59. The average Bonchev–Trinajstić information content (AvgIpc) is 2.66. The van der Waals surface area contributed by atoms with Crippen LogP contribution >= 0.6 is 0 Å². The van der Waals surface area contributed by atoms with E-state index in [0.29, 0.717) is 6.04 Å². The summed E-state index contributed by atoms with van der Waals surface area (Å²) in [5, 5.41) is 0. The molecule has 0 saturated carbocycles. The van der Waals surface area contributed by atoms with E-state index in [2.05, 4.69) is 83.7 Å². The van der Waals surface area contributed by atoms with Crippen molar-refractivity contribution in [3.63, 3.8) is 0 Å². The Balaban J connectivity index is 2.39. The predicted molar refractivity (Wildman–Crippen MR) is 87.5 cm³/mol. The van der Waals surface area contributed by atoms with Crippen molar-refractivity contribution in [2.45, 2.75) is 65.5 Å². The van der Waals surface area contributed by atoms with Gasteiger partial charge in [-0.3, -0.25) is 0 Å². The highest BCUT2D eigenvalue weighted by atomic mass is 15.3. The predicted octanol–water partition coefficient (Wildman–Crippen LogP) is 4.84. The highest BCUT2D eigenvalue weighted by Crippen LogP contribution is 2.61. The fourth-order valence-electron chi connectivity index (χ4n) is 4.31. The van der Waals surface area contributed by atoms with Crippen molar-refractivity contribution in [3.8, 4) is 0 Å². The van der Waals surface area contributed by atoms with Crippen LogP contribution in [-0.2, 0) is 5.41 Å². The zero-order valence-corrected chi connectivity index (χ0v) is 13.9. The topological polar surface area (TPSA) is 3.24 Å². The van der Waals surface area contributed by atoms with Gasteiger partial charge in [0.15, 0.2) is 0 Å². The zero-order valence-electron chi connectivity index (χ0n) is 13.9. The number of anilines is 1. The Kier molecular flexibility index (Phi) is 2.53. The minimum atomic E-state index is 0.0784. The standard InChI is InChI=1S/C19H27N/c1-13-9-8-10-15-16(13)20-14(2)11-12-19(20,7)18(5,6)17(15,3)4/h8-12,14H,1-7H3. The normalized spacial score (nSPS) is 33.0. The lowest BCUT2D eigenvalue weighted by atomic mass is 9.52. The molecular weight excluding hydrogens is 242 g/mol. The molecule has 0 spiro atoms. The van der Waals surface area contributed by atoms with Crippen LogP contribution in [0.2, 0.25) is 0 Å². The van der Waals surface area contributed by atoms with Gasteiger partial charge >= 0.3 is 0 Å². The van der Waals surface area contributed by atoms with Gasteiger partial charge in [0.1, 0.15) is 0 Å². The number of nitrogens with zero attached hydrogens (tertiary/aromatic N) is 1. The average molecular weight is 269 g/mol. The summed E-state index contributed by atoms with van der Waals surface area (Å²) in [6, 6.07) is 7.26. The van der Waals surface area contributed by atoms with Gasteiger partial charge < -0.3 is 4.90 Å². The van der Waals surface area contributed by atoms with E-state index in [1.807, 2.05) is 0 Å². The van der Waals surface area contributed by atoms with Crippen molar-refractivity contribution in [3.05, 3.63) is 41.5 Å². The van der Waals surface area contributed by atoms with Crippen molar-refractivity contribution in [2.24, 2.45) is 5.41 Å². The molecule has 0 aliphatic carbocycles. The third kappa shape index (κ3) is 1.29. The Morgan fingerprint density at radius 1 is 1.05 bits per heavy atom. The van der Waals surface area contributed by atoms with Crippen molar-refractivity contribution >= 4 is 5.69 Å². The van der Waals surface area contributed by atoms with Gasteiger partial charge in [-0.2, -0.15) is 0 Å². The van der Waals surface area contributed by atoms with E-state index >= 15 is 0 Å². The molecule has 1 aromatic carbocycles. The van der Waals surface area contributed by atoms with Crippen LogP contribution in [0.3, 0.4) is 0 Å². The van der Waals surface area contributed by atoms with Gasteiger partial charge in [0.25, 0.3) is 0 Å². The van der Waals surface area contributed by atoms with Gasteiger partial charge in [0.05, 0.1) is 5.54 Å². The monoisotopic (exact) mass is 269 g/mol. The summed E-state index contributed by atoms with van der Waals surface area (Å²) in [5.74, 6) is 0. The van der Waals surface area contributed by atoms with Crippen LogP contribution in [0.15, 0.2) is 30.4 Å². The molecule has 0 amide bonds. The lowest BCUT2D eigenvalue weighted by Crippen LogP contribution is -2.64. The highest BCUT2D eigenvalue weighted by molar-refractivity contribution is 5.70. The Hall–Kier alpha value is -1.24. The van der Waals surface area contributed by atoms with E-state index in [1.54, 1.807) is 0 Å². The Labute approximate surface area is 123 Å². The largest absolute Gasteiger partial charge is 0.355 e. The van der Waals surface area contributed by atoms with Crippen molar-refractivity contribution in [2.75, 3.05) is 4.90 Å². The molecule has 1 nitrogen and oxygen atoms in total. The van der Waals surface area contributed by atoms with Gasteiger partial charge in [-0.1, -0.05) is 58.0 Å². The van der Waals surface area contributed by atoms with E-state index in [0.717, 1.165) is 0 Å². The first-order valence-electron chi connectivity index (χ1n) is 7.73. The summed E-state index contributed by atoms with van der Waals surface area (Å²) in [4.78, 5) is 2.64. The number of benzene rings is 1. The molecule has 0 aromatic heterocycles. The summed E-state index contributed by atoms with van der Waals surface area (Å²) >= 11 is 0.